The molecule has 0 spiro atoms. The minimum atomic E-state index is -0.587. The zero-order valence-electron chi connectivity index (χ0n) is 33.8. The first kappa shape index (κ1) is 48.5. The highest BCUT2D eigenvalue weighted by atomic mass is 16.5. The van der Waals surface area contributed by atoms with Crippen molar-refractivity contribution in [3.63, 3.8) is 0 Å². The third-order valence-corrected chi connectivity index (χ3v) is 9.45. The highest BCUT2D eigenvalue weighted by Gasteiger charge is 2.33. The van der Waals surface area contributed by atoms with Crippen molar-refractivity contribution in [1.29, 1.82) is 0 Å². The minimum Gasteiger partial charge on any atom is -0.453 e. The van der Waals surface area contributed by atoms with Crippen LogP contribution in [0.1, 0.15) is 92.2 Å². The van der Waals surface area contributed by atoms with Crippen molar-refractivity contribution in [2.24, 2.45) is 0 Å². The number of likely N-dealkylation sites (tertiary alicyclic amines) is 2. The number of carbonyl (C=O) groups excluding carboxylic acids is 4. The van der Waals surface area contributed by atoms with Crippen LogP contribution in [0, 0.1) is 0 Å². The fourth-order valence-corrected chi connectivity index (χ4v) is 6.80. The Labute approximate surface area is 345 Å². The van der Waals surface area contributed by atoms with Crippen molar-refractivity contribution in [1.82, 2.24) is 30.4 Å². The topological polar surface area (TPSA) is 146 Å². The SMILES string of the molecule is C.C.CCC.CCC.COC(=O)NCC(=O)N1CCCC1.COC(=O)NCC(=O)N1CCC[C@H]1C1=Cc2cc(-c3ccc(-c4ccc5nc[nH]c5c4)cc3)ccc2C1. The van der Waals surface area contributed by atoms with E-state index in [-0.39, 0.29) is 45.8 Å². The first-order valence-electron chi connectivity index (χ1n) is 19.7. The molecule has 0 radical (unpaired) electrons. The maximum absolute atomic E-state index is 12.7. The summed E-state index contributed by atoms with van der Waals surface area (Å²) in [5.74, 6) is -0.111. The second-order valence-electron chi connectivity index (χ2n) is 14.0. The van der Waals surface area contributed by atoms with Crippen molar-refractivity contribution >= 4 is 41.1 Å². The molecule has 12 heteroatoms. The first-order chi connectivity index (χ1) is 27.1. The van der Waals surface area contributed by atoms with Gasteiger partial charge in [0.05, 0.1) is 37.6 Å². The number of methoxy groups -OCH3 is 2. The van der Waals surface area contributed by atoms with E-state index in [0.717, 1.165) is 67.4 Å². The van der Waals surface area contributed by atoms with Crippen LogP contribution in [0.15, 0.2) is 72.6 Å². The Bertz CT molecular complexity index is 1930. The molecule has 3 aromatic carbocycles. The van der Waals surface area contributed by atoms with Crippen molar-refractivity contribution in [3.05, 3.63) is 83.7 Å². The lowest BCUT2D eigenvalue weighted by molar-refractivity contribution is -0.130. The number of hydrogen-bond donors (Lipinski definition) is 3. The summed E-state index contributed by atoms with van der Waals surface area (Å²) in [6.45, 7) is 10.8. The molecule has 2 saturated heterocycles. The van der Waals surface area contributed by atoms with Crippen LogP contribution in [0.2, 0.25) is 0 Å². The Morgan fingerprint density at radius 1 is 0.724 bits per heavy atom. The second-order valence-corrected chi connectivity index (χ2v) is 14.0. The number of benzene rings is 3. The molecule has 0 bridgehead atoms. The van der Waals surface area contributed by atoms with Crippen LogP contribution in [0.4, 0.5) is 9.59 Å². The van der Waals surface area contributed by atoms with Crippen LogP contribution in [-0.2, 0) is 25.5 Å². The number of nitrogens with zero attached hydrogens (tertiary/aromatic N) is 3. The molecular formula is C46H66N6O6. The molecule has 3 aliphatic rings. The lowest BCUT2D eigenvalue weighted by Gasteiger charge is -2.26. The van der Waals surface area contributed by atoms with Gasteiger partial charge in [0, 0.05) is 19.6 Å². The van der Waals surface area contributed by atoms with Gasteiger partial charge in [-0.25, -0.2) is 14.6 Å². The van der Waals surface area contributed by atoms with Gasteiger partial charge >= 0.3 is 12.2 Å². The number of aromatic nitrogens is 2. The second kappa shape index (κ2) is 24.9. The summed E-state index contributed by atoms with van der Waals surface area (Å²) in [5.41, 5.74) is 10.4. The van der Waals surface area contributed by atoms with Gasteiger partial charge in [-0.1, -0.05) is 104 Å². The number of fused-ring (bicyclic) bond motifs is 2. The fraction of sp³-hybridized carbons (Fsp3) is 0.457. The Morgan fingerprint density at radius 2 is 1.26 bits per heavy atom. The number of carbonyl (C=O) groups is 4. The van der Waals surface area contributed by atoms with Gasteiger partial charge in [-0.15, -0.1) is 0 Å². The standard InChI is InChI=1S/C30H28N4O3.C8H14N2O3.2C3H8.2CH4/c1-37-30(36)31-17-29(35)34-12-2-3-28(34)25-14-22-9-8-21(13-24(22)15-25)19-4-6-20(7-5-19)23-10-11-26-27(16-23)33-18-32-26;1-13-8(12)9-6-7(11)10-4-2-3-5-10;2*1-3-2;;/h4-11,13,15-16,18,28H,2-3,12,14,17H2,1H3,(H,31,36)(H,32,33);2-6H2,1H3,(H,9,12);2*3H2,1-2H3;2*1H4/t28-;;;;;/m0...../s1. The summed E-state index contributed by atoms with van der Waals surface area (Å²) < 4.78 is 8.93. The van der Waals surface area contributed by atoms with Crippen LogP contribution in [0.5, 0.6) is 0 Å². The van der Waals surface area contributed by atoms with E-state index in [2.05, 4.69) is 118 Å². The molecule has 7 rings (SSSR count). The molecule has 0 unspecified atom stereocenters. The molecule has 4 amide bonds. The largest absolute Gasteiger partial charge is 0.453 e. The Hall–Kier alpha value is -5.65. The van der Waals surface area contributed by atoms with E-state index in [1.807, 2.05) is 11.0 Å². The number of hydrogen-bond acceptors (Lipinski definition) is 7. The molecule has 58 heavy (non-hydrogen) atoms. The lowest BCUT2D eigenvalue weighted by atomic mass is 9.97. The Balaban J connectivity index is 0.000000464. The molecule has 1 aliphatic carbocycles. The van der Waals surface area contributed by atoms with Gasteiger partial charge in [-0.2, -0.15) is 0 Å². The molecule has 1 atom stereocenters. The zero-order valence-corrected chi connectivity index (χ0v) is 33.8. The van der Waals surface area contributed by atoms with Gasteiger partial charge in [-0.3, -0.25) is 9.59 Å². The normalized spacial score (nSPS) is 14.7. The average Bonchev–Trinajstić information content (AvgIpc) is 4.06. The quantitative estimate of drug-likeness (QED) is 0.169. The van der Waals surface area contributed by atoms with E-state index < -0.39 is 12.2 Å². The molecule has 2 fully saturated rings. The van der Waals surface area contributed by atoms with E-state index in [0.29, 0.717) is 6.54 Å². The number of imidazole rings is 1. The highest BCUT2D eigenvalue weighted by Crippen LogP contribution is 2.36. The minimum absolute atomic E-state index is 0. The number of alkyl carbamates (subject to hydrolysis) is 2. The van der Waals surface area contributed by atoms with Crippen LogP contribution < -0.4 is 10.6 Å². The molecule has 1 aromatic heterocycles. The van der Waals surface area contributed by atoms with E-state index in [1.165, 1.54) is 54.9 Å². The van der Waals surface area contributed by atoms with E-state index >= 15 is 0 Å². The van der Waals surface area contributed by atoms with Gasteiger partial charge in [-0.05, 0) is 89.3 Å². The first-order valence-corrected chi connectivity index (χ1v) is 19.7. The molecule has 12 nitrogen and oxygen atoms in total. The van der Waals surface area contributed by atoms with Gasteiger partial charge in [0.2, 0.25) is 11.8 Å². The summed E-state index contributed by atoms with van der Waals surface area (Å²) in [5, 5.41) is 4.86. The summed E-state index contributed by atoms with van der Waals surface area (Å²) in [6.07, 6.45) is 10.2. The maximum Gasteiger partial charge on any atom is 0.407 e. The third kappa shape index (κ3) is 13.5. The fourth-order valence-electron chi connectivity index (χ4n) is 6.80. The molecule has 0 saturated carbocycles. The maximum atomic E-state index is 12.7. The summed E-state index contributed by atoms with van der Waals surface area (Å²) in [6, 6.07) is 21.6. The van der Waals surface area contributed by atoms with Gasteiger partial charge < -0.3 is 34.9 Å². The summed E-state index contributed by atoms with van der Waals surface area (Å²) >= 11 is 0. The predicted molar refractivity (Wildman–Crippen MR) is 235 cm³/mol. The predicted octanol–water partition coefficient (Wildman–Crippen LogP) is 9.25. The van der Waals surface area contributed by atoms with Crippen LogP contribution in [-0.4, -0.2) is 96.8 Å². The van der Waals surface area contributed by atoms with Crippen LogP contribution >= 0.6 is 0 Å². The average molecular weight is 799 g/mol. The third-order valence-electron chi connectivity index (χ3n) is 9.45. The molecular weight excluding hydrogens is 733 g/mol. The van der Waals surface area contributed by atoms with E-state index in [9.17, 15) is 19.2 Å². The van der Waals surface area contributed by atoms with E-state index in [1.54, 1.807) is 11.2 Å². The van der Waals surface area contributed by atoms with Gasteiger partial charge in [0.15, 0.2) is 0 Å². The molecule has 2 aliphatic heterocycles. The lowest BCUT2D eigenvalue weighted by Crippen LogP contribution is -2.43. The Kier molecular flexibility index (Phi) is 20.8. The van der Waals surface area contributed by atoms with Crippen molar-refractivity contribution in [2.45, 2.75) is 93.5 Å². The van der Waals surface area contributed by atoms with Crippen molar-refractivity contribution < 1.29 is 28.7 Å². The summed E-state index contributed by atoms with van der Waals surface area (Å²) in [4.78, 5) is 57.2. The van der Waals surface area contributed by atoms with E-state index in [4.69, 9.17) is 0 Å². The zero-order chi connectivity index (χ0) is 40.5. The number of nitrogens with one attached hydrogen (secondary N) is 3. The number of H-pyrrole nitrogens is 1. The molecule has 3 N–H and O–H groups in total. The smallest absolute Gasteiger partial charge is 0.407 e. The molecule has 4 aromatic rings. The number of rotatable bonds is 7. The number of aromatic amines is 1. The highest BCUT2D eigenvalue weighted by molar-refractivity contribution is 5.85. The monoisotopic (exact) mass is 799 g/mol. The molecule has 3 heterocycles. The van der Waals surface area contributed by atoms with Crippen LogP contribution in [0.3, 0.4) is 0 Å². The van der Waals surface area contributed by atoms with Crippen molar-refractivity contribution in [3.8, 4) is 22.3 Å². The number of ether oxygens (including phenoxy) is 2. The van der Waals surface area contributed by atoms with Gasteiger partial charge in [0.1, 0.15) is 13.1 Å². The van der Waals surface area contributed by atoms with Crippen molar-refractivity contribution in [2.75, 3.05) is 46.9 Å². The van der Waals surface area contributed by atoms with Crippen LogP contribution in [0.25, 0.3) is 39.4 Å². The number of amides is 4. The van der Waals surface area contributed by atoms with Gasteiger partial charge in [0.25, 0.3) is 0 Å². The Morgan fingerprint density at radius 3 is 1.84 bits per heavy atom. The summed E-state index contributed by atoms with van der Waals surface area (Å²) in [7, 11) is 2.57. The molecule has 316 valence electrons.